The molecule has 0 atom stereocenters. The molecule has 9 heteroatoms. The Labute approximate surface area is 179 Å². The Bertz CT molecular complexity index is 1080. The summed E-state index contributed by atoms with van der Waals surface area (Å²) >= 11 is 0. The van der Waals surface area contributed by atoms with Gasteiger partial charge < -0.3 is 13.9 Å². The molecule has 3 aromatic rings. The topological polar surface area (TPSA) is 119 Å². The average molecular weight is 424 g/mol. The van der Waals surface area contributed by atoms with Crippen LogP contribution in [-0.4, -0.2) is 34.9 Å². The van der Waals surface area contributed by atoms with Gasteiger partial charge in [0.25, 0.3) is 5.91 Å². The van der Waals surface area contributed by atoms with Crippen LogP contribution in [0.2, 0.25) is 0 Å². The van der Waals surface area contributed by atoms with Gasteiger partial charge in [0.15, 0.2) is 17.2 Å². The number of nitrogens with one attached hydrogen (secondary N) is 2. The summed E-state index contributed by atoms with van der Waals surface area (Å²) in [5.74, 6) is -0.371. The standard InChI is InChI=1S/C22H24N4O5/c1-5-29-18-11-14(8-9-16(18)31-21(28)17-7-6-10-30-17)13-23-26-20(27)15-12-19(25-24-15)22(2,3)4/h6-13H,5H2,1-4H3,(H,24,25)(H,26,27)/b23-13+. The molecular formula is C22H24N4O5. The van der Waals surface area contributed by atoms with Crippen molar-refractivity contribution in [1.82, 2.24) is 15.6 Å². The number of aromatic nitrogens is 2. The van der Waals surface area contributed by atoms with Gasteiger partial charge in [0, 0.05) is 11.1 Å². The van der Waals surface area contributed by atoms with Crippen molar-refractivity contribution in [3.63, 3.8) is 0 Å². The van der Waals surface area contributed by atoms with Crippen molar-refractivity contribution in [1.29, 1.82) is 0 Å². The van der Waals surface area contributed by atoms with Crippen LogP contribution in [0.15, 0.2) is 52.2 Å². The van der Waals surface area contributed by atoms with Crippen LogP contribution in [0, 0.1) is 0 Å². The van der Waals surface area contributed by atoms with Gasteiger partial charge in [-0.2, -0.15) is 10.2 Å². The molecule has 0 bridgehead atoms. The Hall–Kier alpha value is -3.88. The number of hydrazone groups is 1. The first-order valence-electron chi connectivity index (χ1n) is 9.69. The fourth-order valence-corrected chi connectivity index (χ4v) is 2.55. The maximum absolute atomic E-state index is 12.2. The van der Waals surface area contributed by atoms with Gasteiger partial charge in [-0.3, -0.25) is 9.89 Å². The fraction of sp³-hybridized carbons (Fsp3) is 0.273. The first kappa shape index (κ1) is 21.8. The predicted octanol–water partition coefficient (Wildman–Crippen LogP) is 3.68. The van der Waals surface area contributed by atoms with Gasteiger partial charge in [-0.1, -0.05) is 20.8 Å². The zero-order valence-corrected chi connectivity index (χ0v) is 17.8. The van der Waals surface area contributed by atoms with E-state index in [-0.39, 0.29) is 22.6 Å². The van der Waals surface area contributed by atoms with Crippen LogP contribution in [0.4, 0.5) is 0 Å². The maximum atomic E-state index is 12.2. The highest BCUT2D eigenvalue weighted by Gasteiger charge is 2.19. The molecule has 0 aliphatic carbocycles. The van der Waals surface area contributed by atoms with Crippen LogP contribution in [0.5, 0.6) is 11.5 Å². The van der Waals surface area contributed by atoms with E-state index >= 15 is 0 Å². The lowest BCUT2D eigenvalue weighted by Crippen LogP contribution is -2.18. The molecule has 3 rings (SSSR count). The molecular weight excluding hydrogens is 400 g/mol. The highest BCUT2D eigenvalue weighted by Crippen LogP contribution is 2.29. The molecule has 2 N–H and O–H groups in total. The smallest absolute Gasteiger partial charge is 0.379 e. The normalized spacial score (nSPS) is 11.5. The summed E-state index contributed by atoms with van der Waals surface area (Å²) < 4.78 is 15.9. The third-order valence-electron chi connectivity index (χ3n) is 4.19. The summed E-state index contributed by atoms with van der Waals surface area (Å²) in [6.07, 6.45) is 2.84. The molecule has 0 fully saturated rings. The lowest BCUT2D eigenvalue weighted by molar-refractivity contribution is 0.0695. The number of hydrogen-bond acceptors (Lipinski definition) is 7. The highest BCUT2D eigenvalue weighted by atomic mass is 16.6. The van der Waals surface area contributed by atoms with Crippen molar-refractivity contribution in [2.45, 2.75) is 33.1 Å². The van der Waals surface area contributed by atoms with E-state index in [0.717, 1.165) is 5.69 Å². The number of esters is 1. The molecule has 2 heterocycles. The number of amides is 1. The van der Waals surface area contributed by atoms with Gasteiger partial charge >= 0.3 is 5.97 Å². The van der Waals surface area contributed by atoms with Crippen LogP contribution in [0.25, 0.3) is 0 Å². The number of rotatable bonds is 7. The molecule has 0 unspecified atom stereocenters. The molecule has 0 radical (unpaired) electrons. The highest BCUT2D eigenvalue weighted by molar-refractivity contribution is 5.93. The minimum absolute atomic E-state index is 0.0868. The number of furan rings is 1. The predicted molar refractivity (Wildman–Crippen MR) is 114 cm³/mol. The second-order valence-electron chi connectivity index (χ2n) is 7.62. The SMILES string of the molecule is CCOc1cc(/C=N/NC(=O)c2cc(C(C)(C)C)[nH]n2)ccc1OC(=O)c1ccco1. The molecule has 31 heavy (non-hydrogen) atoms. The molecule has 9 nitrogen and oxygen atoms in total. The number of H-pyrrole nitrogens is 1. The Morgan fingerprint density at radius 2 is 2.03 bits per heavy atom. The molecule has 2 aromatic heterocycles. The second kappa shape index (κ2) is 9.29. The number of aromatic amines is 1. The lowest BCUT2D eigenvalue weighted by atomic mass is 9.92. The Kier molecular flexibility index (Phi) is 6.54. The van der Waals surface area contributed by atoms with E-state index in [2.05, 4.69) is 20.7 Å². The number of carbonyl (C=O) groups excluding carboxylic acids is 2. The third kappa shape index (κ3) is 5.59. The van der Waals surface area contributed by atoms with Crippen LogP contribution < -0.4 is 14.9 Å². The number of benzene rings is 1. The van der Waals surface area contributed by atoms with Gasteiger partial charge in [-0.05, 0) is 48.9 Å². The monoisotopic (exact) mass is 424 g/mol. The van der Waals surface area contributed by atoms with Crippen LogP contribution in [-0.2, 0) is 5.41 Å². The zero-order chi connectivity index (χ0) is 22.4. The fourth-order valence-electron chi connectivity index (χ4n) is 2.55. The minimum Gasteiger partial charge on any atom is -0.490 e. The van der Waals surface area contributed by atoms with E-state index in [1.165, 1.54) is 18.5 Å². The van der Waals surface area contributed by atoms with Gasteiger partial charge in [0.1, 0.15) is 0 Å². The van der Waals surface area contributed by atoms with Gasteiger partial charge in [0.05, 0.1) is 19.1 Å². The summed E-state index contributed by atoms with van der Waals surface area (Å²) in [4.78, 5) is 24.3. The van der Waals surface area contributed by atoms with Crippen LogP contribution in [0.1, 0.15) is 60.0 Å². The lowest BCUT2D eigenvalue weighted by Gasteiger charge is -2.14. The van der Waals surface area contributed by atoms with E-state index in [4.69, 9.17) is 13.9 Å². The van der Waals surface area contributed by atoms with E-state index in [1.54, 1.807) is 30.3 Å². The van der Waals surface area contributed by atoms with Crippen molar-refractivity contribution in [2.75, 3.05) is 6.61 Å². The van der Waals surface area contributed by atoms with Gasteiger partial charge in [0.2, 0.25) is 5.76 Å². The minimum atomic E-state index is -0.631. The summed E-state index contributed by atoms with van der Waals surface area (Å²) in [7, 11) is 0. The first-order valence-corrected chi connectivity index (χ1v) is 9.69. The summed E-state index contributed by atoms with van der Waals surface area (Å²) in [6.45, 7) is 8.25. The molecule has 0 saturated carbocycles. The van der Waals surface area contributed by atoms with E-state index in [1.807, 2.05) is 27.7 Å². The Morgan fingerprint density at radius 3 is 2.68 bits per heavy atom. The number of hydrogen-bond donors (Lipinski definition) is 2. The largest absolute Gasteiger partial charge is 0.490 e. The zero-order valence-electron chi connectivity index (χ0n) is 17.8. The summed E-state index contributed by atoms with van der Waals surface area (Å²) in [5, 5.41) is 10.8. The van der Waals surface area contributed by atoms with E-state index in [9.17, 15) is 9.59 Å². The molecule has 0 spiro atoms. The van der Waals surface area contributed by atoms with Gasteiger partial charge in [-0.15, -0.1) is 0 Å². The number of ether oxygens (including phenoxy) is 2. The Morgan fingerprint density at radius 1 is 1.23 bits per heavy atom. The van der Waals surface area contributed by atoms with E-state index < -0.39 is 11.9 Å². The molecule has 1 aromatic carbocycles. The Balaban J connectivity index is 1.67. The maximum Gasteiger partial charge on any atom is 0.379 e. The summed E-state index contributed by atoms with van der Waals surface area (Å²) in [5.41, 5.74) is 4.03. The van der Waals surface area contributed by atoms with Gasteiger partial charge in [-0.25, -0.2) is 10.2 Å². The molecule has 1 amide bonds. The second-order valence-corrected chi connectivity index (χ2v) is 7.62. The van der Waals surface area contributed by atoms with E-state index in [0.29, 0.717) is 17.9 Å². The summed E-state index contributed by atoms with van der Waals surface area (Å²) in [6, 6.07) is 9.71. The van der Waals surface area contributed by atoms with Crippen LogP contribution >= 0.6 is 0 Å². The number of carbonyl (C=O) groups is 2. The quantitative estimate of drug-likeness (QED) is 0.258. The first-order chi connectivity index (χ1) is 14.8. The van der Waals surface area contributed by atoms with Crippen molar-refractivity contribution in [3.8, 4) is 11.5 Å². The van der Waals surface area contributed by atoms with Crippen molar-refractivity contribution >= 4 is 18.1 Å². The molecule has 162 valence electrons. The number of nitrogens with zero attached hydrogens (tertiary/aromatic N) is 2. The molecule has 0 aliphatic heterocycles. The van der Waals surface area contributed by atoms with Crippen molar-refractivity contribution < 1.29 is 23.5 Å². The average Bonchev–Trinajstić information content (AvgIpc) is 3.42. The third-order valence-corrected chi connectivity index (χ3v) is 4.19. The van der Waals surface area contributed by atoms with Crippen molar-refractivity contribution in [3.05, 3.63) is 65.4 Å². The molecule has 0 aliphatic rings. The van der Waals surface area contributed by atoms with Crippen molar-refractivity contribution in [2.24, 2.45) is 5.10 Å². The van der Waals surface area contributed by atoms with Crippen LogP contribution in [0.3, 0.4) is 0 Å². The molecule has 0 saturated heterocycles.